The normalized spacial score (nSPS) is 15.8. The fourth-order valence-corrected chi connectivity index (χ4v) is 5.14. The van der Waals surface area contributed by atoms with E-state index < -0.39 is 0 Å². The zero-order chi connectivity index (χ0) is 20.9. The van der Waals surface area contributed by atoms with Crippen LogP contribution in [0.1, 0.15) is 71.3 Å². The van der Waals surface area contributed by atoms with Gasteiger partial charge in [0.05, 0.1) is 16.1 Å². The second-order valence-electron chi connectivity index (χ2n) is 8.19. The number of anilines is 1. The van der Waals surface area contributed by atoms with Gasteiger partial charge in [-0.15, -0.1) is 0 Å². The smallest absolute Gasteiger partial charge is 0.204 e. The average Bonchev–Trinajstić information content (AvgIpc) is 3.23. The van der Waals surface area contributed by atoms with E-state index in [2.05, 4.69) is 44.3 Å². The summed E-state index contributed by atoms with van der Waals surface area (Å²) >= 11 is 6.64. The Morgan fingerprint density at radius 3 is 2.48 bits per heavy atom. The van der Waals surface area contributed by atoms with Crippen LogP contribution in [0.4, 0.5) is 5.95 Å². The van der Waals surface area contributed by atoms with Gasteiger partial charge in [-0.3, -0.25) is 9.36 Å². The van der Waals surface area contributed by atoms with Crippen LogP contribution in [-0.2, 0) is 0 Å². The maximum Gasteiger partial charge on any atom is 0.204 e. The number of benzene rings is 2. The minimum Gasteiger partial charge on any atom is -0.353 e. The van der Waals surface area contributed by atoms with Gasteiger partial charge in [0.25, 0.3) is 0 Å². The van der Waals surface area contributed by atoms with E-state index in [-0.39, 0.29) is 11.8 Å². The molecule has 0 radical (unpaired) electrons. The Hall–Kier alpha value is -2.33. The van der Waals surface area contributed by atoms with E-state index in [1.165, 1.54) is 11.1 Å². The number of rotatable bonds is 5. The zero-order valence-electron chi connectivity index (χ0n) is 17.8. The fourth-order valence-electron chi connectivity index (χ4n) is 4.89. The molecule has 4 nitrogen and oxygen atoms in total. The number of aromatic nitrogens is 2. The van der Waals surface area contributed by atoms with Crippen LogP contribution in [0.2, 0.25) is 5.02 Å². The summed E-state index contributed by atoms with van der Waals surface area (Å²) in [7, 11) is 0. The molecular weight excluding hydrogens is 382 g/mol. The van der Waals surface area contributed by atoms with Crippen molar-refractivity contribution in [3.8, 4) is 0 Å². The van der Waals surface area contributed by atoms with Gasteiger partial charge in [0.1, 0.15) is 6.04 Å². The Morgan fingerprint density at radius 1 is 1.21 bits per heavy atom. The zero-order valence-corrected chi connectivity index (χ0v) is 18.5. The van der Waals surface area contributed by atoms with Gasteiger partial charge in [-0.25, -0.2) is 4.98 Å². The van der Waals surface area contributed by atoms with E-state index in [0.717, 1.165) is 46.5 Å². The summed E-state index contributed by atoms with van der Waals surface area (Å²) in [6.07, 6.45) is 2.10. The van der Waals surface area contributed by atoms with Gasteiger partial charge in [0.2, 0.25) is 5.95 Å². The first kappa shape index (κ1) is 20.0. The molecule has 2 aromatic carbocycles. The highest BCUT2D eigenvalue weighted by Gasteiger charge is 2.34. The molecule has 1 aliphatic heterocycles. The van der Waals surface area contributed by atoms with Crippen LogP contribution in [0.5, 0.6) is 0 Å². The predicted molar refractivity (Wildman–Crippen MR) is 121 cm³/mol. The summed E-state index contributed by atoms with van der Waals surface area (Å²) in [4.78, 5) is 18.5. The number of hydrogen-bond acceptors (Lipinski definition) is 3. The molecule has 0 bridgehead atoms. The number of hydrogen-bond donors (Lipinski definition) is 1. The standard InChI is InChI=1S/C24H28ClN3O/c1-6-16(7-2)17-8-9-18(25)22-21(17)27-24-26-12-19(28(22)24)23(29)20-14(4)10-13(3)11-15(20)5/h8-11,16,19H,6-7,12H2,1-5H3,(H,26,27). The molecular formula is C24H28ClN3O. The average molecular weight is 410 g/mol. The molecule has 3 aromatic rings. The summed E-state index contributed by atoms with van der Waals surface area (Å²) in [5, 5.41) is 3.99. The number of carbonyl (C=O) groups excluding carboxylic acids is 1. The SMILES string of the molecule is CCC(CC)c1ccc(Cl)c2c1nc1n2C(C(=O)c2c(C)cc(C)cc2C)CN1. The molecule has 1 aromatic heterocycles. The summed E-state index contributed by atoms with van der Waals surface area (Å²) in [6, 6.07) is 7.86. The topological polar surface area (TPSA) is 46.9 Å². The molecule has 5 heteroatoms. The van der Waals surface area contributed by atoms with Crippen LogP contribution in [0.15, 0.2) is 24.3 Å². The number of halogens is 1. The van der Waals surface area contributed by atoms with E-state index in [4.69, 9.17) is 16.6 Å². The fraction of sp³-hybridized carbons (Fsp3) is 0.417. The van der Waals surface area contributed by atoms with Crippen molar-refractivity contribution in [2.75, 3.05) is 11.9 Å². The summed E-state index contributed by atoms with van der Waals surface area (Å²) < 4.78 is 2.02. The number of ketones is 1. The largest absolute Gasteiger partial charge is 0.353 e. The lowest BCUT2D eigenvalue weighted by Crippen LogP contribution is -2.21. The molecule has 152 valence electrons. The van der Waals surface area contributed by atoms with Gasteiger partial charge in [-0.1, -0.05) is 49.2 Å². The Morgan fingerprint density at radius 2 is 1.86 bits per heavy atom. The molecule has 0 fully saturated rings. The molecule has 0 saturated carbocycles. The third kappa shape index (κ3) is 3.14. The van der Waals surface area contributed by atoms with Gasteiger partial charge in [0, 0.05) is 12.1 Å². The molecule has 2 heterocycles. The third-order valence-electron chi connectivity index (χ3n) is 6.24. The number of Topliss-reactive ketones (excluding diaryl/α,β-unsaturated/α-hetero) is 1. The minimum atomic E-state index is -0.343. The highest BCUT2D eigenvalue weighted by molar-refractivity contribution is 6.35. The first-order valence-corrected chi connectivity index (χ1v) is 10.8. The molecule has 0 saturated heterocycles. The second-order valence-corrected chi connectivity index (χ2v) is 8.59. The van der Waals surface area contributed by atoms with Crippen molar-refractivity contribution < 1.29 is 4.79 Å². The molecule has 1 N–H and O–H groups in total. The van der Waals surface area contributed by atoms with Crippen molar-refractivity contribution in [2.24, 2.45) is 0 Å². The number of imidazole rings is 1. The van der Waals surface area contributed by atoms with Crippen molar-refractivity contribution in [2.45, 2.75) is 59.4 Å². The lowest BCUT2D eigenvalue weighted by atomic mass is 9.92. The minimum absolute atomic E-state index is 0.120. The van der Waals surface area contributed by atoms with Crippen LogP contribution >= 0.6 is 11.6 Å². The van der Waals surface area contributed by atoms with E-state index in [1.54, 1.807) is 0 Å². The highest BCUT2D eigenvalue weighted by atomic mass is 35.5. The van der Waals surface area contributed by atoms with Gasteiger partial charge in [-0.2, -0.15) is 0 Å². The van der Waals surface area contributed by atoms with Crippen LogP contribution in [0.25, 0.3) is 11.0 Å². The Labute approximate surface area is 177 Å². The number of aryl methyl sites for hydroxylation is 3. The van der Waals surface area contributed by atoms with Crippen molar-refractivity contribution in [3.05, 3.63) is 57.1 Å². The Balaban J connectivity index is 1.87. The lowest BCUT2D eigenvalue weighted by molar-refractivity contribution is 0.0939. The van der Waals surface area contributed by atoms with Gasteiger partial charge >= 0.3 is 0 Å². The Kier molecular flexibility index (Phi) is 5.16. The molecule has 1 atom stereocenters. The highest BCUT2D eigenvalue weighted by Crippen LogP contribution is 2.40. The van der Waals surface area contributed by atoms with Crippen LogP contribution < -0.4 is 5.32 Å². The molecule has 4 rings (SSSR count). The summed E-state index contributed by atoms with van der Waals surface area (Å²) in [6.45, 7) is 11.0. The van der Waals surface area contributed by atoms with Crippen molar-refractivity contribution in [3.63, 3.8) is 0 Å². The second kappa shape index (κ2) is 7.49. The van der Waals surface area contributed by atoms with Crippen molar-refractivity contribution in [1.29, 1.82) is 0 Å². The monoisotopic (exact) mass is 409 g/mol. The van der Waals surface area contributed by atoms with E-state index in [1.807, 2.05) is 24.5 Å². The molecule has 1 unspecified atom stereocenters. The molecule has 0 spiro atoms. The van der Waals surface area contributed by atoms with Gasteiger partial charge < -0.3 is 5.32 Å². The van der Waals surface area contributed by atoms with Crippen LogP contribution in [-0.4, -0.2) is 21.9 Å². The molecule has 1 aliphatic rings. The summed E-state index contributed by atoms with van der Waals surface area (Å²) in [5.41, 5.74) is 7.04. The lowest BCUT2D eigenvalue weighted by Gasteiger charge is -2.18. The first-order valence-electron chi connectivity index (χ1n) is 10.4. The number of carbonyl (C=O) groups is 1. The maximum absolute atomic E-state index is 13.6. The summed E-state index contributed by atoms with van der Waals surface area (Å²) in [5.74, 6) is 1.29. The Bertz CT molecular complexity index is 1090. The van der Waals surface area contributed by atoms with Crippen LogP contribution in [0.3, 0.4) is 0 Å². The van der Waals surface area contributed by atoms with Gasteiger partial charge in [0.15, 0.2) is 5.78 Å². The van der Waals surface area contributed by atoms with E-state index in [0.29, 0.717) is 17.5 Å². The number of nitrogens with zero attached hydrogens (tertiary/aromatic N) is 2. The number of nitrogens with one attached hydrogen (secondary N) is 1. The quantitative estimate of drug-likeness (QED) is 0.498. The molecule has 0 amide bonds. The number of fused-ring (bicyclic) bond motifs is 3. The molecule has 29 heavy (non-hydrogen) atoms. The van der Waals surface area contributed by atoms with Crippen molar-refractivity contribution in [1.82, 2.24) is 9.55 Å². The van der Waals surface area contributed by atoms with Crippen molar-refractivity contribution >= 4 is 34.4 Å². The third-order valence-corrected chi connectivity index (χ3v) is 6.54. The van der Waals surface area contributed by atoms with E-state index in [9.17, 15) is 4.79 Å². The van der Waals surface area contributed by atoms with Gasteiger partial charge in [-0.05, 0) is 62.3 Å². The maximum atomic E-state index is 13.6. The first-order chi connectivity index (χ1) is 13.9. The van der Waals surface area contributed by atoms with E-state index >= 15 is 0 Å². The van der Waals surface area contributed by atoms with Crippen LogP contribution in [0, 0.1) is 20.8 Å². The predicted octanol–water partition coefficient (Wildman–Crippen LogP) is 6.37. The molecule has 0 aliphatic carbocycles.